The summed E-state index contributed by atoms with van der Waals surface area (Å²) in [6.45, 7) is 0. The molecule has 0 bridgehead atoms. The molecule has 84 valence electrons. The van der Waals surface area contributed by atoms with Gasteiger partial charge in [0.1, 0.15) is 5.82 Å². The minimum absolute atomic E-state index is 0.00575. The predicted octanol–water partition coefficient (Wildman–Crippen LogP) is 2.61. The van der Waals surface area contributed by atoms with E-state index in [4.69, 9.17) is 5.73 Å². The fourth-order valence-corrected chi connectivity index (χ4v) is 1.48. The molecule has 0 aliphatic rings. The molecule has 3 nitrogen and oxygen atoms in total. The number of hydrogen-bond donors (Lipinski definition) is 1. The van der Waals surface area contributed by atoms with E-state index in [0.717, 1.165) is 11.1 Å². The van der Waals surface area contributed by atoms with E-state index in [0.29, 0.717) is 5.82 Å². The first-order valence-electron chi connectivity index (χ1n) is 4.75. The second-order valence-corrected chi connectivity index (χ2v) is 3.49. The molecule has 1 aromatic carbocycles. The molecule has 1 aromatic heterocycles. The van der Waals surface area contributed by atoms with Gasteiger partial charge in [0.25, 0.3) is 6.43 Å². The Morgan fingerprint density at radius 2 is 1.88 bits per heavy atom. The van der Waals surface area contributed by atoms with Gasteiger partial charge >= 0.3 is 0 Å². The van der Waals surface area contributed by atoms with Crippen LogP contribution in [0.3, 0.4) is 0 Å². The van der Waals surface area contributed by atoms with E-state index in [1.165, 1.54) is 16.8 Å². The Labute approximate surface area is 91.5 Å². The van der Waals surface area contributed by atoms with E-state index in [1.807, 2.05) is 0 Å². The van der Waals surface area contributed by atoms with Crippen molar-refractivity contribution in [2.75, 3.05) is 5.73 Å². The van der Waals surface area contributed by atoms with E-state index < -0.39 is 6.43 Å². The highest BCUT2D eigenvalue weighted by atomic mass is 19.3. The van der Waals surface area contributed by atoms with Gasteiger partial charge in [0, 0.05) is 18.2 Å². The molecular weight excluding hydrogens is 212 g/mol. The lowest BCUT2D eigenvalue weighted by Gasteiger charge is -2.03. The number of benzene rings is 1. The highest BCUT2D eigenvalue weighted by Gasteiger charge is 2.09. The monoisotopic (exact) mass is 223 g/mol. The minimum Gasteiger partial charge on any atom is -0.383 e. The van der Waals surface area contributed by atoms with Gasteiger partial charge in [-0.15, -0.1) is 0 Å². The molecular formula is C11H11F2N3. The van der Waals surface area contributed by atoms with Crippen LogP contribution in [0.5, 0.6) is 0 Å². The number of nitrogen functional groups attached to an aromatic ring is 1. The fourth-order valence-electron chi connectivity index (χ4n) is 1.48. The number of hydrogen-bond acceptors (Lipinski definition) is 2. The summed E-state index contributed by atoms with van der Waals surface area (Å²) >= 11 is 0. The molecule has 0 amide bonds. The number of halogens is 2. The summed E-state index contributed by atoms with van der Waals surface area (Å²) in [6, 6.07) is 6.03. The molecule has 16 heavy (non-hydrogen) atoms. The number of alkyl halides is 2. The quantitative estimate of drug-likeness (QED) is 0.850. The zero-order valence-electron chi connectivity index (χ0n) is 8.69. The van der Waals surface area contributed by atoms with Crippen LogP contribution < -0.4 is 5.73 Å². The third-order valence-corrected chi connectivity index (χ3v) is 2.46. The Kier molecular flexibility index (Phi) is 2.60. The van der Waals surface area contributed by atoms with Gasteiger partial charge < -0.3 is 5.73 Å². The number of anilines is 1. The van der Waals surface area contributed by atoms with Crippen LogP contribution in [0.1, 0.15) is 12.0 Å². The minimum atomic E-state index is -2.44. The lowest BCUT2D eigenvalue weighted by Crippen LogP contribution is -1.98. The van der Waals surface area contributed by atoms with Crippen LogP contribution in [0.4, 0.5) is 14.6 Å². The van der Waals surface area contributed by atoms with E-state index >= 15 is 0 Å². The summed E-state index contributed by atoms with van der Waals surface area (Å²) in [5, 5.41) is 3.99. The normalized spacial score (nSPS) is 11.0. The van der Waals surface area contributed by atoms with Gasteiger partial charge in [0.05, 0.1) is 6.20 Å². The van der Waals surface area contributed by atoms with E-state index in [-0.39, 0.29) is 5.56 Å². The lowest BCUT2D eigenvalue weighted by molar-refractivity contribution is 0.151. The van der Waals surface area contributed by atoms with Crippen LogP contribution in [-0.4, -0.2) is 9.78 Å². The van der Waals surface area contributed by atoms with E-state index in [2.05, 4.69) is 5.10 Å². The lowest BCUT2D eigenvalue weighted by atomic mass is 10.1. The van der Waals surface area contributed by atoms with Crippen molar-refractivity contribution in [3.63, 3.8) is 0 Å². The first kappa shape index (κ1) is 10.6. The first-order valence-corrected chi connectivity index (χ1v) is 4.75. The van der Waals surface area contributed by atoms with Crippen molar-refractivity contribution in [1.82, 2.24) is 9.78 Å². The predicted molar refractivity (Wildman–Crippen MR) is 58.0 cm³/mol. The van der Waals surface area contributed by atoms with Gasteiger partial charge in [-0.3, -0.25) is 4.68 Å². The highest BCUT2D eigenvalue weighted by molar-refractivity contribution is 5.73. The van der Waals surface area contributed by atoms with Crippen molar-refractivity contribution < 1.29 is 8.78 Å². The van der Waals surface area contributed by atoms with Crippen LogP contribution in [-0.2, 0) is 7.05 Å². The SMILES string of the molecule is Cn1ncc(-c2ccc(C(F)F)cc2)c1N. The molecule has 2 rings (SSSR count). The van der Waals surface area contributed by atoms with Crippen molar-refractivity contribution in [2.24, 2.45) is 7.05 Å². The second kappa shape index (κ2) is 3.92. The summed E-state index contributed by atoms with van der Waals surface area (Å²) in [6.07, 6.45) is -0.826. The zero-order chi connectivity index (χ0) is 11.7. The third kappa shape index (κ3) is 1.76. The average Bonchev–Trinajstić information content (AvgIpc) is 2.60. The second-order valence-electron chi connectivity index (χ2n) is 3.49. The molecule has 5 heteroatoms. The Bertz CT molecular complexity index is 488. The van der Waals surface area contributed by atoms with Gasteiger partial charge in [0.15, 0.2) is 0 Å². The zero-order valence-corrected chi connectivity index (χ0v) is 8.69. The molecule has 0 aliphatic heterocycles. The maximum Gasteiger partial charge on any atom is 0.263 e. The Hall–Kier alpha value is -1.91. The molecule has 0 saturated heterocycles. The number of aryl methyl sites for hydroxylation is 1. The van der Waals surface area contributed by atoms with Crippen LogP contribution in [0.2, 0.25) is 0 Å². The standard InChI is InChI=1S/C11H11F2N3/c1-16-11(14)9(6-15-16)7-2-4-8(5-3-7)10(12)13/h2-6,10H,14H2,1H3. The first-order chi connectivity index (χ1) is 7.59. The molecule has 0 radical (unpaired) electrons. The van der Waals surface area contributed by atoms with Gasteiger partial charge in [-0.25, -0.2) is 8.78 Å². The Morgan fingerprint density at radius 3 is 2.31 bits per heavy atom. The Morgan fingerprint density at radius 1 is 1.25 bits per heavy atom. The maximum atomic E-state index is 12.3. The topological polar surface area (TPSA) is 43.8 Å². The number of nitrogens with two attached hydrogens (primary N) is 1. The number of aromatic nitrogens is 2. The van der Waals surface area contributed by atoms with Crippen LogP contribution in [0.25, 0.3) is 11.1 Å². The third-order valence-electron chi connectivity index (χ3n) is 2.46. The van der Waals surface area contributed by atoms with Crippen molar-refractivity contribution in [1.29, 1.82) is 0 Å². The van der Waals surface area contributed by atoms with E-state index in [9.17, 15) is 8.78 Å². The number of rotatable bonds is 2. The average molecular weight is 223 g/mol. The fraction of sp³-hybridized carbons (Fsp3) is 0.182. The molecule has 0 unspecified atom stereocenters. The van der Waals surface area contributed by atoms with Crippen molar-refractivity contribution in [3.05, 3.63) is 36.0 Å². The van der Waals surface area contributed by atoms with Crippen molar-refractivity contribution in [2.45, 2.75) is 6.43 Å². The molecule has 0 atom stereocenters. The summed E-state index contributed by atoms with van der Waals surface area (Å²) in [5.74, 6) is 0.518. The molecule has 1 heterocycles. The van der Waals surface area contributed by atoms with Crippen LogP contribution in [0.15, 0.2) is 30.5 Å². The summed E-state index contributed by atoms with van der Waals surface area (Å²) in [5.41, 5.74) is 7.33. The molecule has 2 N–H and O–H groups in total. The van der Waals surface area contributed by atoms with Crippen LogP contribution >= 0.6 is 0 Å². The van der Waals surface area contributed by atoms with Gasteiger partial charge in [0.2, 0.25) is 0 Å². The van der Waals surface area contributed by atoms with Gasteiger partial charge in [-0.2, -0.15) is 5.10 Å². The molecule has 2 aromatic rings. The van der Waals surface area contributed by atoms with Crippen molar-refractivity contribution in [3.8, 4) is 11.1 Å². The number of nitrogens with zero attached hydrogens (tertiary/aromatic N) is 2. The van der Waals surface area contributed by atoms with Gasteiger partial charge in [-0.1, -0.05) is 24.3 Å². The summed E-state index contributed by atoms with van der Waals surface area (Å²) < 4.78 is 26.2. The summed E-state index contributed by atoms with van der Waals surface area (Å²) in [4.78, 5) is 0. The molecule has 0 spiro atoms. The van der Waals surface area contributed by atoms with Crippen molar-refractivity contribution >= 4 is 5.82 Å². The molecule has 0 saturated carbocycles. The maximum absolute atomic E-state index is 12.3. The summed E-state index contributed by atoms with van der Waals surface area (Å²) in [7, 11) is 1.73. The highest BCUT2D eigenvalue weighted by Crippen LogP contribution is 2.27. The van der Waals surface area contributed by atoms with E-state index in [1.54, 1.807) is 25.4 Å². The molecule has 0 aliphatic carbocycles. The largest absolute Gasteiger partial charge is 0.383 e. The Balaban J connectivity index is 2.38. The van der Waals surface area contributed by atoms with Crippen LogP contribution in [0, 0.1) is 0 Å². The molecule has 0 fully saturated rings. The van der Waals surface area contributed by atoms with Gasteiger partial charge in [-0.05, 0) is 5.56 Å². The smallest absolute Gasteiger partial charge is 0.263 e.